The van der Waals surface area contributed by atoms with Crippen molar-refractivity contribution < 1.29 is 14.2 Å². The average Bonchev–Trinajstić information content (AvgIpc) is 2.76. The Hall–Kier alpha value is -2.19. The van der Waals surface area contributed by atoms with E-state index in [1.807, 2.05) is 0 Å². The molecule has 0 unspecified atom stereocenters. The van der Waals surface area contributed by atoms with Crippen LogP contribution in [0.2, 0.25) is 5.02 Å². The van der Waals surface area contributed by atoms with Gasteiger partial charge in [0.05, 0.1) is 23.9 Å². The first-order chi connectivity index (χ1) is 15.0. The Morgan fingerprint density at radius 1 is 1.16 bits per heavy atom. The lowest BCUT2D eigenvalue weighted by Crippen LogP contribution is -2.39. The number of anilines is 1. The van der Waals surface area contributed by atoms with Gasteiger partial charge in [-0.05, 0) is 48.0 Å². The van der Waals surface area contributed by atoms with Crippen LogP contribution in [-0.2, 0) is 4.74 Å². The predicted molar refractivity (Wildman–Crippen MR) is 125 cm³/mol. The Labute approximate surface area is 194 Å². The van der Waals surface area contributed by atoms with E-state index in [1.54, 1.807) is 42.5 Å². The molecule has 31 heavy (non-hydrogen) atoms. The Morgan fingerprint density at radius 3 is 2.74 bits per heavy atom. The molecule has 5 nitrogen and oxygen atoms in total. The van der Waals surface area contributed by atoms with Gasteiger partial charge < -0.3 is 15.2 Å². The van der Waals surface area contributed by atoms with Crippen LogP contribution < -0.4 is 5.32 Å². The van der Waals surface area contributed by atoms with Crippen molar-refractivity contribution in [2.45, 2.75) is 0 Å². The van der Waals surface area contributed by atoms with Crippen molar-refractivity contribution in [3.05, 3.63) is 63.8 Å². The van der Waals surface area contributed by atoms with E-state index in [2.05, 4.69) is 31.1 Å². The highest BCUT2D eigenvalue weighted by Crippen LogP contribution is 2.37. The Bertz CT molecular complexity index is 1060. The van der Waals surface area contributed by atoms with E-state index in [0.29, 0.717) is 39.8 Å². The third kappa shape index (κ3) is 5.36. The summed E-state index contributed by atoms with van der Waals surface area (Å²) >= 11 is 9.75. The number of nitrogens with one attached hydrogen (secondary N) is 1. The molecule has 1 saturated heterocycles. The summed E-state index contributed by atoms with van der Waals surface area (Å²) in [7, 11) is 0. The molecule has 0 spiro atoms. The van der Waals surface area contributed by atoms with Gasteiger partial charge >= 0.3 is 0 Å². The minimum atomic E-state index is -0.414. The minimum absolute atomic E-state index is 0.0896. The van der Waals surface area contributed by atoms with Crippen molar-refractivity contribution in [2.75, 3.05) is 44.7 Å². The lowest BCUT2D eigenvalue weighted by atomic mass is 10.0. The van der Waals surface area contributed by atoms with Gasteiger partial charge in [0.15, 0.2) is 0 Å². The van der Waals surface area contributed by atoms with E-state index in [1.165, 1.54) is 6.07 Å². The zero-order valence-electron chi connectivity index (χ0n) is 16.7. The maximum Gasteiger partial charge on any atom is 0.132 e. The largest absolute Gasteiger partial charge is 0.507 e. The van der Waals surface area contributed by atoms with Crippen LogP contribution >= 0.6 is 27.5 Å². The SMILES string of the molecule is Oc1ccc(Br)cc1-c1cc(-c2c(F)cccc2Cl)cc(NCCN2CCOCC2)n1. The highest BCUT2D eigenvalue weighted by Gasteiger charge is 2.16. The summed E-state index contributed by atoms with van der Waals surface area (Å²) in [5.41, 5.74) is 1.95. The molecule has 0 bridgehead atoms. The molecular weight excluding hydrogens is 485 g/mol. The van der Waals surface area contributed by atoms with Crippen molar-refractivity contribution in [1.29, 1.82) is 0 Å². The third-order valence-corrected chi connectivity index (χ3v) is 5.96. The number of phenols is 1. The van der Waals surface area contributed by atoms with Crippen LogP contribution in [0.25, 0.3) is 22.4 Å². The average molecular weight is 507 g/mol. The lowest BCUT2D eigenvalue weighted by molar-refractivity contribution is 0.0398. The van der Waals surface area contributed by atoms with Crippen LogP contribution in [0.4, 0.5) is 10.2 Å². The number of hydrogen-bond acceptors (Lipinski definition) is 5. The number of rotatable bonds is 6. The van der Waals surface area contributed by atoms with Crippen molar-refractivity contribution in [2.24, 2.45) is 0 Å². The topological polar surface area (TPSA) is 57.6 Å². The summed E-state index contributed by atoms with van der Waals surface area (Å²) < 4.78 is 20.8. The number of aromatic hydroxyl groups is 1. The zero-order chi connectivity index (χ0) is 21.8. The number of ether oxygens (including phenoxy) is 1. The van der Waals surface area contributed by atoms with Crippen LogP contribution in [0, 0.1) is 5.82 Å². The number of halogens is 3. The molecule has 2 N–H and O–H groups in total. The first-order valence-corrected chi connectivity index (χ1v) is 11.2. The fourth-order valence-electron chi connectivity index (χ4n) is 3.56. The van der Waals surface area contributed by atoms with Gasteiger partial charge in [0, 0.05) is 41.8 Å². The van der Waals surface area contributed by atoms with E-state index in [0.717, 1.165) is 37.3 Å². The first-order valence-electron chi connectivity index (χ1n) is 10.0. The molecule has 3 aromatic rings. The van der Waals surface area contributed by atoms with E-state index < -0.39 is 5.82 Å². The number of phenolic OH excluding ortho intramolecular Hbond substituents is 1. The van der Waals surface area contributed by atoms with Crippen molar-refractivity contribution in [3.63, 3.8) is 0 Å². The normalized spacial score (nSPS) is 14.5. The standard InChI is InChI=1S/C23H22BrClFN3O2/c24-16-4-5-21(30)17(14-16)20-12-15(23-18(25)2-1-3-19(23)26)13-22(28-20)27-6-7-29-8-10-31-11-9-29/h1-5,12-14,30H,6-11H2,(H,27,28). The van der Waals surface area contributed by atoms with Crippen LogP contribution in [0.5, 0.6) is 5.75 Å². The fraction of sp³-hybridized carbons (Fsp3) is 0.261. The van der Waals surface area contributed by atoms with Crippen LogP contribution in [0.3, 0.4) is 0 Å². The molecule has 0 aliphatic carbocycles. The quantitative estimate of drug-likeness (QED) is 0.467. The second kappa shape index (κ2) is 9.96. The van der Waals surface area contributed by atoms with Crippen molar-refractivity contribution in [3.8, 4) is 28.1 Å². The molecule has 0 saturated carbocycles. The molecule has 1 aromatic heterocycles. The maximum absolute atomic E-state index is 14.6. The molecule has 2 aromatic carbocycles. The smallest absolute Gasteiger partial charge is 0.132 e. The summed E-state index contributed by atoms with van der Waals surface area (Å²) in [5, 5.41) is 14.0. The third-order valence-electron chi connectivity index (χ3n) is 5.15. The molecule has 0 amide bonds. The fourth-order valence-corrected chi connectivity index (χ4v) is 4.19. The van der Waals surface area contributed by atoms with Crippen molar-refractivity contribution >= 4 is 33.3 Å². The molecule has 0 radical (unpaired) electrons. The predicted octanol–water partition coefficient (Wildman–Crippen LogP) is 5.42. The van der Waals surface area contributed by atoms with Gasteiger partial charge in [0.25, 0.3) is 0 Å². The maximum atomic E-state index is 14.6. The number of nitrogens with zero attached hydrogens (tertiary/aromatic N) is 2. The molecule has 2 heterocycles. The summed E-state index contributed by atoms with van der Waals surface area (Å²) in [6, 6.07) is 13.2. The van der Waals surface area contributed by atoms with Gasteiger partial charge in [-0.1, -0.05) is 33.6 Å². The molecule has 8 heteroatoms. The zero-order valence-corrected chi connectivity index (χ0v) is 19.1. The molecule has 1 fully saturated rings. The van der Waals surface area contributed by atoms with Crippen LogP contribution in [0.1, 0.15) is 0 Å². The number of pyridine rings is 1. The van der Waals surface area contributed by atoms with Gasteiger partial charge in [-0.25, -0.2) is 9.37 Å². The molecule has 1 aliphatic rings. The number of benzene rings is 2. The molecule has 4 rings (SSSR count). The van der Waals surface area contributed by atoms with Crippen molar-refractivity contribution in [1.82, 2.24) is 9.88 Å². The van der Waals surface area contributed by atoms with Gasteiger partial charge in [-0.2, -0.15) is 0 Å². The monoisotopic (exact) mass is 505 g/mol. The summed E-state index contributed by atoms with van der Waals surface area (Å²) in [4.78, 5) is 6.99. The Morgan fingerprint density at radius 2 is 1.97 bits per heavy atom. The summed E-state index contributed by atoms with van der Waals surface area (Å²) in [5.74, 6) is 0.258. The molecule has 0 atom stereocenters. The summed E-state index contributed by atoms with van der Waals surface area (Å²) in [6.07, 6.45) is 0. The lowest BCUT2D eigenvalue weighted by Gasteiger charge is -2.26. The van der Waals surface area contributed by atoms with Gasteiger partial charge in [-0.3, -0.25) is 4.90 Å². The highest BCUT2D eigenvalue weighted by atomic mass is 79.9. The Kier molecular flexibility index (Phi) is 7.07. The highest BCUT2D eigenvalue weighted by molar-refractivity contribution is 9.10. The van der Waals surface area contributed by atoms with E-state index in [9.17, 15) is 9.50 Å². The van der Waals surface area contributed by atoms with Gasteiger partial charge in [0.2, 0.25) is 0 Å². The Balaban J connectivity index is 1.69. The van der Waals surface area contributed by atoms with Gasteiger partial charge in [0.1, 0.15) is 17.4 Å². The number of morpholine rings is 1. The molecule has 1 aliphatic heterocycles. The second-order valence-corrected chi connectivity index (χ2v) is 8.59. The van der Waals surface area contributed by atoms with Gasteiger partial charge in [-0.15, -0.1) is 0 Å². The van der Waals surface area contributed by atoms with E-state index in [4.69, 9.17) is 16.3 Å². The molecule has 162 valence electrons. The van der Waals surface area contributed by atoms with E-state index in [-0.39, 0.29) is 5.75 Å². The number of aromatic nitrogens is 1. The number of hydrogen-bond donors (Lipinski definition) is 2. The van der Waals surface area contributed by atoms with Crippen LogP contribution in [0.15, 0.2) is 53.0 Å². The molecular formula is C23H22BrClFN3O2. The summed E-state index contributed by atoms with van der Waals surface area (Å²) in [6.45, 7) is 4.80. The minimum Gasteiger partial charge on any atom is -0.507 e. The first kappa shape index (κ1) is 22.0. The second-order valence-electron chi connectivity index (χ2n) is 7.27. The van der Waals surface area contributed by atoms with E-state index >= 15 is 0 Å². The van der Waals surface area contributed by atoms with Crippen LogP contribution in [-0.4, -0.2) is 54.4 Å².